The van der Waals surface area contributed by atoms with Gasteiger partial charge in [0, 0.05) is 6.08 Å². The number of thiocarbonyl (C=S) groups is 1. The average molecular weight is 470 g/mol. The number of nitrogens with zero attached hydrogens (tertiary/aromatic N) is 1. The molecule has 1 fully saturated rings. The first-order valence-electron chi connectivity index (χ1n) is 8.87. The monoisotopic (exact) mass is 469 g/mol. The van der Waals surface area contributed by atoms with Gasteiger partial charge in [0.15, 0.2) is 0 Å². The topological polar surface area (TPSA) is 70.8 Å². The summed E-state index contributed by atoms with van der Waals surface area (Å²) >= 11 is 18.8. The first-order valence-corrected chi connectivity index (χ1v) is 10.9. The quantitative estimate of drug-likeness (QED) is 0.390. The first kappa shape index (κ1) is 21.9. The van der Waals surface area contributed by atoms with E-state index in [9.17, 15) is 14.7 Å². The Kier molecular flexibility index (Phi) is 7.05. The molecule has 29 heavy (non-hydrogen) atoms. The summed E-state index contributed by atoms with van der Waals surface area (Å²) in [6, 6.07) is 7.58. The van der Waals surface area contributed by atoms with E-state index in [-0.39, 0.29) is 4.32 Å². The predicted molar refractivity (Wildman–Crippen MR) is 120 cm³/mol. The Morgan fingerprint density at radius 3 is 2.62 bits per heavy atom. The SMILES string of the molecule is CCCC[C@H](C(=O)O)N1C(=O)/C(=C\c2ccc(-c3c(Cl)cccc3Cl)o2)SC1=S. The largest absolute Gasteiger partial charge is 0.480 e. The molecule has 1 aliphatic heterocycles. The first-order chi connectivity index (χ1) is 13.8. The average Bonchev–Trinajstić information content (AvgIpc) is 3.21. The molecule has 1 N–H and O–H groups in total. The minimum absolute atomic E-state index is 0.227. The number of amides is 1. The highest BCUT2D eigenvalue weighted by molar-refractivity contribution is 8.26. The number of carbonyl (C=O) groups is 2. The second kappa shape index (κ2) is 9.34. The van der Waals surface area contributed by atoms with E-state index in [0.29, 0.717) is 44.9 Å². The maximum atomic E-state index is 12.8. The van der Waals surface area contributed by atoms with E-state index < -0.39 is 17.9 Å². The zero-order chi connectivity index (χ0) is 21.1. The number of halogens is 2. The standard InChI is InChI=1S/C20H17Cl2NO4S2/c1-2-3-7-14(19(25)26)23-18(24)16(29-20(23)28)10-11-8-9-15(27-11)17-12(21)5-4-6-13(17)22/h4-6,8-10,14H,2-3,7H2,1H3,(H,25,26)/b16-10+/t14-/m1/s1. The van der Waals surface area contributed by atoms with E-state index in [2.05, 4.69) is 0 Å². The van der Waals surface area contributed by atoms with Crippen LogP contribution in [0, 0.1) is 0 Å². The second-order valence-electron chi connectivity index (χ2n) is 6.35. The molecule has 5 nitrogen and oxygen atoms in total. The van der Waals surface area contributed by atoms with Crippen LogP contribution in [-0.2, 0) is 9.59 Å². The normalized spacial score (nSPS) is 16.7. The van der Waals surface area contributed by atoms with Gasteiger partial charge in [0.2, 0.25) is 0 Å². The van der Waals surface area contributed by atoms with Crippen molar-refractivity contribution < 1.29 is 19.1 Å². The van der Waals surface area contributed by atoms with Gasteiger partial charge < -0.3 is 9.52 Å². The fraction of sp³-hybridized carbons (Fsp3) is 0.250. The van der Waals surface area contributed by atoms with Gasteiger partial charge in [0.05, 0.1) is 20.5 Å². The summed E-state index contributed by atoms with van der Waals surface area (Å²) in [4.78, 5) is 26.0. The predicted octanol–water partition coefficient (Wildman–Crippen LogP) is 6.10. The molecule has 1 aliphatic rings. The highest BCUT2D eigenvalue weighted by Crippen LogP contribution is 2.38. The van der Waals surface area contributed by atoms with Crippen LogP contribution >= 0.6 is 47.2 Å². The smallest absolute Gasteiger partial charge is 0.326 e. The Hall–Kier alpha value is -1.80. The molecule has 1 aromatic carbocycles. The van der Waals surface area contributed by atoms with Crippen molar-refractivity contribution in [3.05, 3.63) is 51.0 Å². The molecule has 0 radical (unpaired) electrons. The van der Waals surface area contributed by atoms with Crippen molar-refractivity contribution in [3.63, 3.8) is 0 Å². The summed E-state index contributed by atoms with van der Waals surface area (Å²) in [5.41, 5.74) is 0.563. The van der Waals surface area contributed by atoms with E-state index in [1.54, 1.807) is 36.4 Å². The summed E-state index contributed by atoms with van der Waals surface area (Å²) in [6.45, 7) is 1.96. The molecule has 9 heteroatoms. The molecule has 1 aromatic heterocycles. The van der Waals surface area contributed by atoms with Crippen LogP contribution in [0.2, 0.25) is 10.0 Å². The van der Waals surface area contributed by atoms with Crippen LogP contribution in [0.3, 0.4) is 0 Å². The lowest BCUT2D eigenvalue weighted by Gasteiger charge is -2.22. The lowest BCUT2D eigenvalue weighted by Crippen LogP contribution is -2.43. The van der Waals surface area contributed by atoms with Crippen molar-refractivity contribution in [1.29, 1.82) is 0 Å². The number of carbonyl (C=O) groups excluding carboxylic acids is 1. The minimum atomic E-state index is -1.07. The number of rotatable bonds is 7. The number of aliphatic carboxylic acids is 1. The van der Waals surface area contributed by atoms with Crippen LogP contribution in [0.25, 0.3) is 17.4 Å². The van der Waals surface area contributed by atoms with E-state index >= 15 is 0 Å². The molecule has 2 heterocycles. The van der Waals surface area contributed by atoms with E-state index in [4.69, 9.17) is 39.8 Å². The summed E-state index contributed by atoms with van der Waals surface area (Å²) < 4.78 is 6.02. The number of furan rings is 1. The van der Waals surface area contributed by atoms with Gasteiger partial charge in [-0.3, -0.25) is 9.69 Å². The van der Waals surface area contributed by atoms with Gasteiger partial charge in [-0.2, -0.15) is 0 Å². The molecule has 152 valence electrons. The third kappa shape index (κ3) is 4.69. The molecule has 1 saturated heterocycles. The highest BCUT2D eigenvalue weighted by Gasteiger charge is 2.40. The molecule has 0 spiro atoms. The van der Waals surface area contributed by atoms with Crippen LogP contribution < -0.4 is 0 Å². The van der Waals surface area contributed by atoms with Gasteiger partial charge in [0.25, 0.3) is 5.91 Å². The van der Waals surface area contributed by atoms with Gasteiger partial charge >= 0.3 is 5.97 Å². The third-order valence-electron chi connectivity index (χ3n) is 4.36. The Morgan fingerprint density at radius 2 is 2.00 bits per heavy atom. The summed E-state index contributed by atoms with van der Waals surface area (Å²) in [6.07, 6.45) is 3.41. The number of carboxylic acids is 1. The van der Waals surface area contributed by atoms with Crippen molar-refractivity contribution >= 4 is 69.5 Å². The van der Waals surface area contributed by atoms with Crippen molar-refractivity contribution in [2.45, 2.75) is 32.2 Å². The van der Waals surface area contributed by atoms with Gasteiger partial charge in [-0.15, -0.1) is 0 Å². The van der Waals surface area contributed by atoms with Crippen molar-refractivity contribution in [2.75, 3.05) is 0 Å². The highest BCUT2D eigenvalue weighted by atomic mass is 35.5. The molecule has 0 unspecified atom stereocenters. The summed E-state index contributed by atoms with van der Waals surface area (Å²) in [5.74, 6) is -0.618. The molecular weight excluding hydrogens is 453 g/mol. The summed E-state index contributed by atoms with van der Waals surface area (Å²) in [7, 11) is 0. The number of thioether (sulfide) groups is 1. The van der Waals surface area contributed by atoms with Crippen LogP contribution in [0.1, 0.15) is 31.9 Å². The molecule has 0 aliphatic carbocycles. The Bertz CT molecular complexity index is 982. The maximum absolute atomic E-state index is 12.8. The van der Waals surface area contributed by atoms with Gasteiger partial charge in [-0.25, -0.2) is 4.79 Å². The lowest BCUT2D eigenvalue weighted by atomic mass is 10.1. The lowest BCUT2D eigenvalue weighted by molar-refractivity contribution is -0.145. The van der Waals surface area contributed by atoms with Crippen molar-refractivity contribution in [3.8, 4) is 11.3 Å². The van der Waals surface area contributed by atoms with E-state index in [0.717, 1.165) is 18.2 Å². The molecule has 3 rings (SSSR count). The summed E-state index contributed by atoms with van der Waals surface area (Å²) in [5, 5.41) is 10.4. The van der Waals surface area contributed by atoms with Gasteiger partial charge in [-0.05, 0) is 30.7 Å². The Morgan fingerprint density at radius 1 is 1.31 bits per heavy atom. The van der Waals surface area contributed by atoms with Gasteiger partial charge in [0.1, 0.15) is 21.9 Å². The molecule has 0 bridgehead atoms. The number of hydrogen-bond donors (Lipinski definition) is 1. The number of unbranched alkanes of at least 4 members (excludes halogenated alkanes) is 1. The maximum Gasteiger partial charge on any atom is 0.326 e. The van der Waals surface area contributed by atoms with Crippen molar-refractivity contribution in [2.24, 2.45) is 0 Å². The van der Waals surface area contributed by atoms with Crippen molar-refractivity contribution in [1.82, 2.24) is 4.90 Å². The molecule has 2 aromatic rings. The fourth-order valence-electron chi connectivity index (χ4n) is 2.94. The number of hydrogen-bond acceptors (Lipinski definition) is 5. The van der Waals surface area contributed by atoms with Crippen LogP contribution in [0.15, 0.2) is 39.7 Å². The second-order valence-corrected chi connectivity index (χ2v) is 8.84. The Balaban J connectivity index is 1.87. The number of carboxylic acid groups (broad SMARTS) is 1. The zero-order valence-electron chi connectivity index (χ0n) is 15.4. The molecule has 0 saturated carbocycles. The van der Waals surface area contributed by atoms with Gasteiger partial charge in [-0.1, -0.05) is 73.0 Å². The minimum Gasteiger partial charge on any atom is -0.480 e. The van der Waals surface area contributed by atoms with Crippen LogP contribution in [-0.4, -0.2) is 32.2 Å². The molecular formula is C20H17Cl2NO4S2. The number of benzene rings is 1. The van der Waals surface area contributed by atoms with Crippen LogP contribution in [0.5, 0.6) is 0 Å². The fourth-order valence-corrected chi connectivity index (χ4v) is 4.86. The third-order valence-corrected chi connectivity index (χ3v) is 6.32. The van der Waals surface area contributed by atoms with E-state index in [1.165, 1.54) is 4.90 Å². The Labute approximate surface area is 187 Å². The zero-order valence-corrected chi connectivity index (χ0v) is 18.5. The molecule has 1 amide bonds. The van der Waals surface area contributed by atoms with E-state index in [1.807, 2.05) is 6.92 Å². The van der Waals surface area contributed by atoms with Crippen LogP contribution in [0.4, 0.5) is 0 Å². The molecule has 1 atom stereocenters.